The molecule has 0 aliphatic carbocycles. The van der Waals surface area contributed by atoms with E-state index in [9.17, 15) is 18.0 Å². The van der Waals surface area contributed by atoms with Crippen LogP contribution in [0.5, 0.6) is 0 Å². The molecule has 1 amide bonds. The highest BCUT2D eigenvalue weighted by molar-refractivity contribution is 5.92. The Morgan fingerprint density at radius 2 is 2.14 bits per heavy atom. The van der Waals surface area contributed by atoms with Crippen LogP contribution in [0.4, 0.5) is 13.2 Å². The van der Waals surface area contributed by atoms with E-state index in [0.29, 0.717) is 23.5 Å². The van der Waals surface area contributed by atoms with Crippen LogP contribution in [0.25, 0.3) is 0 Å². The van der Waals surface area contributed by atoms with Gasteiger partial charge in [0.1, 0.15) is 5.69 Å². The Kier molecular flexibility index (Phi) is 4.82. The summed E-state index contributed by atoms with van der Waals surface area (Å²) in [6.07, 6.45) is 0.395. The second kappa shape index (κ2) is 7.16. The van der Waals surface area contributed by atoms with Crippen molar-refractivity contribution in [3.63, 3.8) is 0 Å². The summed E-state index contributed by atoms with van der Waals surface area (Å²) >= 11 is 0. The lowest BCUT2D eigenvalue weighted by Crippen LogP contribution is -2.40. The van der Waals surface area contributed by atoms with Gasteiger partial charge < -0.3 is 10.2 Å². The average molecular weight is 394 g/mol. The lowest BCUT2D eigenvalue weighted by molar-refractivity contribution is -0.143. The molecule has 0 saturated carbocycles. The van der Waals surface area contributed by atoms with Gasteiger partial charge in [-0.1, -0.05) is 0 Å². The van der Waals surface area contributed by atoms with Crippen molar-refractivity contribution in [2.24, 2.45) is 7.05 Å². The Hall–Kier alpha value is -2.49. The molecule has 7 nitrogen and oxygen atoms in total. The van der Waals surface area contributed by atoms with Gasteiger partial charge in [-0.25, -0.2) is 9.97 Å². The van der Waals surface area contributed by atoms with Gasteiger partial charge in [-0.15, -0.1) is 0 Å². The molecule has 1 fully saturated rings. The number of piperidine rings is 1. The quantitative estimate of drug-likeness (QED) is 0.846. The van der Waals surface area contributed by atoms with Crippen molar-refractivity contribution in [3.8, 4) is 0 Å². The van der Waals surface area contributed by atoms with Crippen molar-refractivity contribution < 1.29 is 18.0 Å². The van der Waals surface area contributed by atoms with Crippen molar-refractivity contribution in [2.75, 3.05) is 13.1 Å². The molecule has 28 heavy (non-hydrogen) atoms. The molecule has 2 aromatic rings. The van der Waals surface area contributed by atoms with E-state index in [1.165, 1.54) is 7.05 Å². The van der Waals surface area contributed by atoms with Gasteiger partial charge in [0.15, 0.2) is 11.5 Å². The predicted octanol–water partition coefficient (Wildman–Crippen LogP) is 2.24. The third-order valence-corrected chi connectivity index (χ3v) is 5.28. The number of nitrogens with zero attached hydrogens (tertiary/aromatic N) is 5. The Morgan fingerprint density at radius 1 is 1.32 bits per heavy atom. The van der Waals surface area contributed by atoms with Gasteiger partial charge in [-0.3, -0.25) is 9.48 Å². The first-order valence-corrected chi connectivity index (χ1v) is 9.32. The molecule has 0 bridgehead atoms. The Balaban J connectivity index is 1.63. The van der Waals surface area contributed by atoms with Crippen LogP contribution in [-0.4, -0.2) is 43.6 Å². The summed E-state index contributed by atoms with van der Waals surface area (Å²) in [5, 5.41) is 7.07. The highest BCUT2D eigenvalue weighted by Crippen LogP contribution is 2.33. The summed E-state index contributed by atoms with van der Waals surface area (Å²) in [6.45, 7) is 2.01. The molecule has 0 spiro atoms. The smallest absolute Gasteiger partial charge is 0.327 e. The number of alkyl halides is 3. The lowest BCUT2D eigenvalue weighted by atomic mass is 10.00. The van der Waals surface area contributed by atoms with Gasteiger partial charge in [0.05, 0.1) is 6.04 Å². The molecular formula is C18H21F3N6O. The fourth-order valence-electron chi connectivity index (χ4n) is 3.84. The summed E-state index contributed by atoms with van der Waals surface area (Å²) in [5.74, 6) is 0.0412. The standard InChI is InChI=1S/C18H21F3N6O/c1-26-15(18(19,20)21)8-13(25-26)17(28)27-7-3-2-4-14(27)16-23-10-11-9-22-6-5-12(11)24-16/h8,10,14,22H,2-7,9H2,1H3/t14-/m1/s1. The molecule has 4 rings (SSSR count). The number of nitrogens with one attached hydrogen (secondary N) is 1. The SMILES string of the molecule is Cn1nc(C(=O)N2CCCC[C@@H]2c2ncc3c(n2)CCNC3)cc1C(F)(F)F. The molecular weight excluding hydrogens is 373 g/mol. The van der Waals surface area contributed by atoms with Gasteiger partial charge in [0, 0.05) is 56.6 Å². The maximum atomic E-state index is 13.1. The maximum Gasteiger partial charge on any atom is 0.433 e. The van der Waals surface area contributed by atoms with E-state index in [-0.39, 0.29) is 11.7 Å². The number of likely N-dealkylation sites (tertiary alicyclic amines) is 1. The lowest BCUT2D eigenvalue weighted by Gasteiger charge is -2.34. The highest BCUT2D eigenvalue weighted by atomic mass is 19.4. The number of halogens is 3. The third-order valence-electron chi connectivity index (χ3n) is 5.28. The molecule has 0 aromatic carbocycles. The van der Waals surface area contributed by atoms with E-state index >= 15 is 0 Å². The minimum atomic E-state index is -4.56. The van der Waals surface area contributed by atoms with Crippen LogP contribution < -0.4 is 5.32 Å². The zero-order valence-corrected chi connectivity index (χ0v) is 15.5. The molecule has 0 radical (unpaired) electrons. The molecule has 2 aliphatic rings. The predicted molar refractivity (Wildman–Crippen MR) is 93.3 cm³/mol. The normalized spacial score (nSPS) is 20.1. The van der Waals surface area contributed by atoms with Crippen LogP contribution in [0.3, 0.4) is 0 Å². The summed E-state index contributed by atoms with van der Waals surface area (Å²) in [5.41, 5.74) is 0.868. The first-order valence-electron chi connectivity index (χ1n) is 9.32. The Labute approximate surface area is 160 Å². The number of carbonyl (C=O) groups is 1. The van der Waals surface area contributed by atoms with Gasteiger partial charge >= 0.3 is 6.18 Å². The molecule has 150 valence electrons. The molecule has 1 atom stereocenters. The van der Waals surface area contributed by atoms with E-state index < -0.39 is 17.8 Å². The fourth-order valence-corrected chi connectivity index (χ4v) is 3.84. The Bertz CT molecular complexity index is 894. The minimum absolute atomic E-state index is 0.205. The molecule has 2 aliphatic heterocycles. The molecule has 1 saturated heterocycles. The van der Waals surface area contributed by atoms with Crippen LogP contribution in [0.1, 0.15) is 58.6 Å². The van der Waals surface area contributed by atoms with E-state index in [1.807, 2.05) is 0 Å². The average Bonchev–Trinajstić information content (AvgIpc) is 3.09. The number of hydrogen-bond donors (Lipinski definition) is 1. The van der Waals surface area contributed by atoms with Crippen LogP contribution in [0.15, 0.2) is 12.3 Å². The van der Waals surface area contributed by atoms with Crippen LogP contribution in [0, 0.1) is 0 Å². The molecule has 10 heteroatoms. The summed E-state index contributed by atoms with van der Waals surface area (Å²) < 4.78 is 39.9. The monoisotopic (exact) mass is 394 g/mol. The van der Waals surface area contributed by atoms with Crippen LogP contribution in [-0.2, 0) is 26.2 Å². The summed E-state index contributed by atoms with van der Waals surface area (Å²) in [7, 11) is 1.19. The zero-order chi connectivity index (χ0) is 19.9. The zero-order valence-electron chi connectivity index (χ0n) is 15.5. The van der Waals surface area contributed by atoms with Crippen LogP contribution in [0.2, 0.25) is 0 Å². The first-order chi connectivity index (χ1) is 13.3. The maximum absolute atomic E-state index is 13.1. The number of carbonyl (C=O) groups excluding carboxylic acids is 1. The van der Waals surface area contributed by atoms with Crippen molar-refractivity contribution in [2.45, 2.75) is 44.4 Å². The first kappa shape index (κ1) is 18.9. The van der Waals surface area contributed by atoms with Gasteiger partial charge in [-0.05, 0) is 19.3 Å². The molecule has 2 aromatic heterocycles. The second-order valence-corrected chi connectivity index (χ2v) is 7.17. The number of hydrogen-bond acceptors (Lipinski definition) is 5. The second-order valence-electron chi connectivity index (χ2n) is 7.17. The summed E-state index contributed by atoms with van der Waals surface area (Å²) in [4.78, 5) is 23.7. The van der Waals surface area contributed by atoms with E-state index in [0.717, 1.165) is 49.7 Å². The molecule has 0 unspecified atom stereocenters. The van der Waals surface area contributed by atoms with E-state index in [2.05, 4.69) is 20.4 Å². The van der Waals surface area contributed by atoms with Crippen molar-refractivity contribution >= 4 is 5.91 Å². The topological polar surface area (TPSA) is 75.9 Å². The van der Waals surface area contributed by atoms with Crippen molar-refractivity contribution in [1.82, 2.24) is 30.0 Å². The molecule has 4 heterocycles. The Morgan fingerprint density at radius 3 is 2.89 bits per heavy atom. The number of amides is 1. The fraction of sp³-hybridized carbons (Fsp3) is 0.556. The highest BCUT2D eigenvalue weighted by Gasteiger charge is 2.38. The van der Waals surface area contributed by atoms with Gasteiger partial charge in [0.2, 0.25) is 0 Å². The molecule has 1 N–H and O–H groups in total. The van der Waals surface area contributed by atoms with E-state index in [4.69, 9.17) is 0 Å². The van der Waals surface area contributed by atoms with Crippen molar-refractivity contribution in [1.29, 1.82) is 0 Å². The summed E-state index contributed by atoms with van der Waals surface area (Å²) in [6, 6.07) is 0.464. The third kappa shape index (κ3) is 3.48. The minimum Gasteiger partial charge on any atom is -0.327 e. The van der Waals surface area contributed by atoms with Crippen molar-refractivity contribution in [3.05, 3.63) is 40.7 Å². The number of rotatable bonds is 2. The van der Waals surface area contributed by atoms with Gasteiger partial charge in [0.25, 0.3) is 5.91 Å². The number of aromatic nitrogens is 4. The number of aryl methyl sites for hydroxylation is 1. The van der Waals surface area contributed by atoms with Gasteiger partial charge in [-0.2, -0.15) is 18.3 Å². The van der Waals surface area contributed by atoms with E-state index in [1.54, 1.807) is 11.1 Å². The van der Waals surface area contributed by atoms with Crippen LogP contribution >= 0.6 is 0 Å². The number of fused-ring (bicyclic) bond motifs is 1. The largest absolute Gasteiger partial charge is 0.433 e.